The molecule has 2 aliphatic carbocycles. The maximum Gasteiger partial charge on any atom is 0.146 e. The number of aliphatic hydroxyl groups excluding tert-OH is 1. The minimum atomic E-state index is -0.356. The van der Waals surface area contributed by atoms with Crippen molar-refractivity contribution in [2.45, 2.75) is 37.5 Å². The molecule has 0 spiro atoms. The van der Waals surface area contributed by atoms with Crippen molar-refractivity contribution >= 4 is 5.69 Å². The van der Waals surface area contributed by atoms with E-state index in [1.165, 1.54) is 24.5 Å². The quantitative estimate of drug-likeness (QED) is 0.730. The Labute approximate surface area is 141 Å². The standard InChI is InChI=1S/C20H23FN2O/c21-16-9-8-15(10-17(16)23-18-11-19(18)24)20(22-12-13-6-7-13)14-4-2-1-3-5-14/h1-5,8-10,13,18-20,22-24H,6-7,11-12H2. The van der Waals surface area contributed by atoms with Crippen molar-refractivity contribution in [1.29, 1.82) is 0 Å². The summed E-state index contributed by atoms with van der Waals surface area (Å²) in [6, 6.07) is 15.5. The molecule has 0 saturated heterocycles. The molecule has 0 bridgehead atoms. The molecule has 2 fully saturated rings. The Morgan fingerprint density at radius 1 is 1.08 bits per heavy atom. The van der Waals surface area contributed by atoms with Gasteiger partial charge < -0.3 is 15.7 Å². The molecule has 4 rings (SSSR count). The van der Waals surface area contributed by atoms with Crippen LogP contribution in [-0.2, 0) is 0 Å². The van der Waals surface area contributed by atoms with Gasteiger partial charge in [0.1, 0.15) is 5.82 Å². The van der Waals surface area contributed by atoms with E-state index in [1.54, 1.807) is 0 Å². The Morgan fingerprint density at radius 3 is 2.50 bits per heavy atom. The van der Waals surface area contributed by atoms with Gasteiger partial charge in [0.25, 0.3) is 0 Å². The van der Waals surface area contributed by atoms with Crippen LogP contribution < -0.4 is 10.6 Å². The van der Waals surface area contributed by atoms with Gasteiger partial charge in [-0.2, -0.15) is 0 Å². The molecule has 3 unspecified atom stereocenters. The number of benzene rings is 2. The van der Waals surface area contributed by atoms with Crippen LogP contribution in [0.5, 0.6) is 0 Å². The molecule has 3 N–H and O–H groups in total. The van der Waals surface area contributed by atoms with Crippen molar-refractivity contribution in [2.24, 2.45) is 5.92 Å². The van der Waals surface area contributed by atoms with Gasteiger partial charge >= 0.3 is 0 Å². The summed E-state index contributed by atoms with van der Waals surface area (Å²) >= 11 is 0. The number of hydrogen-bond acceptors (Lipinski definition) is 3. The highest BCUT2D eigenvalue weighted by Gasteiger charge is 2.35. The van der Waals surface area contributed by atoms with Gasteiger partial charge in [-0.15, -0.1) is 0 Å². The second kappa shape index (κ2) is 6.54. The van der Waals surface area contributed by atoms with Gasteiger partial charge in [0, 0.05) is 0 Å². The number of aliphatic hydroxyl groups is 1. The van der Waals surface area contributed by atoms with Crippen LogP contribution in [0.3, 0.4) is 0 Å². The van der Waals surface area contributed by atoms with Crippen molar-refractivity contribution in [3.8, 4) is 0 Å². The summed E-state index contributed by atoms with van der Waals surface area (Å²) < 4.78 is 14.1. The van der Waals surface area contributed by atoms with E-state index in [2.05, 4.69) is 22.8 Å². The lowest BCUT2D eigenvalue weighted by Gasteiger charge is -2.21. The van der Waals surface area contributed by atoms with Gasteiger partial charge in [-0.05, 0) is 55.0 Å². The van der Waals surface area contributed by atoms with E-state index < -0.39 is 0 Å². The number of hydrogen-bond donors (Lipinski definition) is 3. The molecule has 4 heteroatoms. The Bertz CT molecular complexity index is 702. The van der Waals surface area contributed by atoms with E-state index in [4.69, 9.17) is 0 Å². The van der Waals surface area contributed by atoms with E-state index in [0.29, 0.717) is 12.1 Å². The molecular weight excluding hydrogens is 303 g/mol. The van der Waals surface area contributed by atoms with Gasteiger partial charge in [0.2, 0.25) is 0 Å². The lowest BCUT2D eigenvalue weighted by atomic mass is 9.98. The molecule has 3 nitrogen and oxygen atoms in total. The SMILES string of the molecule is OC1CC1Nc1cc(C(NCC2CC2)c2ccccc2)ccc1F. The largest absolute Gasteiger partial charge is 0.391 e. The minimum absolute atomic E-state index is 0.0238. The summed E-state index contributed by atoms with van der Waals surface area (Å²) in [6.07, 6.45) is 2.92. The fraction of sp³-hybridized carbons (Fsp3) is 0.400. The maximum absolute atomic E-state index is 14.1. The minimum Gasteiger partial charge on any atom is -0.391 e. The lowest BCUT2D eigenvalue weighted by molar-refractivity contribution is 0.274. The molecule has 0 aliphatic heterocycles. The first-order valence-electron chi connectivity index (χ1n) is 8.73. The molecule has 0 aromatic heterocycles. The van der Waals surface area contributed by atoms with Gasteiger partial charge in [-0.3, -0.25) is 0 Å². The van der Waals surface area contributed by atoms with Gasteiger partial charge in [-0.25, -0.2) is 4.39 Å². The van der Waals surface area contributed by atoms with Gasteiger partial charge in [-0.1, -0.05) is 36.4 Å². The number of anilines is 1. The van der Waals surface area contributed by atoms with Crippen LogP contribution in [0.1, 0.15) is 36.4 Å². The zero-order valence-electron chi connectivity index (χ0n) is 13.6. The molecule has 2 saturated carbocycles. The van der Waals surface area contributed by atoms with Crippen molar-refractivity contribution in [2.75, 3.05) is 11.9 Å². The third-order valence-corrected chi connectivity index (χ3v) is 4.86. The average Bonchev–Trinajstić information content (AvgIpc) is 3.51. The summed E-state index contributed by atoms with van der Waals surface area (Å²) in [6.45, 7) is 0.987. The number of rotatable bonds is 7. The van der Waals surface area contributed by atoms with Crippen molar-refractivity contribution in [1.82, 2.24) is 5.32 Å². The molecule has 2 aliphatic rings. The predicted molar refractivity (Wildman–Crippen MR) is 93.4 cm³/mol. The maximum atomic E-state index is 14.1. The average molecular weight is 326 g/mol. The molecule has 0 amide bonds. The Morgan fingerprint density at radius 2 is 1.83 bits per heavy atom. The summed E-state index contributed by atoms with van der Waals surface area (Å²) in [5.41, 5.74) is 2.70. The Balaban J connectivity index is 1.59. The summed E-state index contributed by atoms with van der Waals surface area (Å²) in [5.74, 6) is 0.503. The Kier molecular flexibility index (Phi) is 4.25. The van der Waals surface area contributed by atoms with Crippen LogP contribution in [0, 0.1) is 11.7 Å². The predicted octanol–water partition coefficient (Wildman–Crippen LogP) is 3.46. The van der Waals surface area contributed by atoms with E-state index >= 15 is 0 Å². The van der Waals surface area contributed by atoms with Crippen LogP contribution in [0.15, 0.2) is 48.5 Å². The summed E-state index contributed by atoms with van der Waals surface area (Å²) in [4.78, 5) is 0. The van der Waals surface area contributed by atoms with Gasteiger partial charge in [0.05, 0.1) is 23.9 Å². The van der Waals surface area contributed by atoms with E-state index in [9.17, 15) is 9.50 Å². The topological polar surface area (TPSA) is 44.3 Å². The van der Waals surface area contributed by atoms with Crippen LogP contribution in [0.4, 0.5) is 10.1 Å². The van der Waals surface area contributed by atoms with Crippen molar-refractivity contribution in [3.05, 3.63) is 65.5 Å². The summed E-state index contributed by atoms with van der Waals surface area (Å²) in [7, 11) is 0. The normalized spacial score (nSPS) is 23.8. The molecule has 0 radical (unpaired) electrons. The van der Waals surface area contributed by atoms with Crippen molar-refractivity contribution < 1.29 is 9.50 Å². The third kappa shape index (κ3) is 3.60. The van der Waals surface area contributed by atoms with Crippen molar-refractivity contribution in [3.63, 3.8) is 0 Å². The second-order valence-electron chi connectivity index (χ2n) is 6.99. The first-order valence-corrected chi connectivity index (χ1v) is 8.73. The highest BCUT2D eigenvalue weighted by Crippen LogP contribution is 2.32. The second-order valence-corrected chi connectivity index (χ2v) is 6.99. The molecule has 2 aromatic carbocycles. The number of halogens is 1. The lowest BCUT2D eigenvalue weighted by Crippen LogP contribution is -2.24. The zero-order chi connectivity index (χ0) is 16.5. The first kappa shape index (κ1) is 15.6. The number of nitrogens with one attached hydrogen (secondary N) is 2. The van der Waals surface area contributed by atoms with Crippen LogP contribution in [-0.4, -0.2) is 23.8 Å². The zero-order valence-corrected chi connectivity index (χ0v) is 13.6. The molecule has 126 valence electrons. The van der Waals surface area contributed by atoms with Crippen LogP contribution >= 0.6 is 0 Å². The first-order chi connectivity index (χ1) is 11.7. The molecule has 24 heavy (non-hydrogen) atoms. The molecule has 3 atom stereocenters. The highest BCUT2D eigenvalue weighted by atomic mass is 19.1. The Hall–Kier alpha value is -1.91. The molecular formula is C20H23FN2O. The van der Waals surface area contributed by atoms with Gasteiger partial charge in [0.15, 0.2) is 0 Å². The van der Waals surface area contributed by atoms with E-state index in [-0.39, 0.29) is 24.0 Å². The fourth-order valence-electron chi connectivity index (χ4n) is 3.05. The molecule has 0 heterocycles. The van der Waals surface area contributed by atoms with E-state index in [0.717, 1.165) is 18.0 Å². The third-order valence-electron chi connectivity index (χ3n) is 4.86. The molecule has 2 aromatic rings. The van der Waals surface area contributed by atoms with E-state index in [1.807, 2.05) is 30.3 Å². The fourth-order valence-corrected chi connectivity index (χ4v) is 3.05. The monoisotopic (exact) mass is 326 g/mol. The smallest absolute Gasteiger partial charge is 0.146 e. The van der Waals surface area contributed by atoms with Crippen LogP contribution in [0.25, 0.3) is 0 Å². The summed E-state index contributed by atoms with van der Waals surface area (Å²) in [5, 5.41) is 16.2. The van der Waals surface area contributed by atoms with Crippen LogP contribution in [0.2, 0.25) is 0 Å². The highest BCUT2D eigenvalue weighted by molar-refractivity contribution is 5.51.